The molecule has 1 rings (SSSR count). The molecule has 0 aliphatic rings. The van der Waals surface area contributed by atoms with Crippen molar-refractivity contribution in [2.45, 2.75) is 26.8 Å². The molecule has 0 radical (unpaired) electrons. The van der Waals surface area contributed by atoms with Gasteiger partial charge in [-0.1, -0.05) is 0 Å². The van der Waals surface area contributed by atoms with E-state index < -0.39 is 0 Å². The predicted molar refractivity (Wildman–Crippen MR) is 89.2 cm³/mol. The summed E-state index contributed by atoms with van der Waals surface area (Å²) in [5, 5.41) is 5.45. The van der Waals surface area contributed by atoms with Crippen molar-refractivity contribution in [2.75, 3.05) is 32.2 Å². The number of benzene rings is 1. The maximum Gasteiger partial charge on any atom is 0.315 e. The van der Waals surface area contributed by atoms with Crippen LogP contribution in [0.25, 0.3) is 0 Å². The van der Waals surface area contributed by atoms with E-state index >= 15 is 0 Å². The number of amides is 3. The number of rotatable bonds is 7. The molecule has 0 fully saturated rings. The highest BCUT2D eigenvalue weighted by molar-refractivity contribution is 5.93. The van der Waals surface area contributed by atoms with E-state index in [9.17, 15) is 9.59 Å². The molecule has 0 aromatic heterocycles. The first-order valence-corrected chi connectivity index (χ1v) is 7.43. The van der Waals surface area contributed by atoms with Gasteiger partial charge in [0.05, 0.1) is 19.9 Å². The molecule has 0 aliphatic heterocycles. The summed E-state index contributed by atoms with van der Waals surface area (Å²) in [5.41, 5.74) is 0.602. The Bertz CT molecular complexity index is 546. The van der Waals surface area contributed by atoms with Crippen LogP contribution in [-0.4, -0.2) is 45.3 Å². The molecule has 1 aromatic rings. The molecule has 0 aliphatic carbocycles. The fraction of sp³-hybridized carbons (Fsp3) is 0.500. The van der Waals surface area contributed by atoms with Crippen LogP contribution in [0.1, 0.15) is 20.8 Å². The highest BCUT2D eigenvalue weighted by atomic mass is 16.5. The third kappa shape index (κ3) is 5.69. The lowest BCUT2D eigenvalue weighted by Crippen LogP contribution is -2.43. The van der Waals surface area contributed by atoms with Crippen molar-refractivity contribution >= 4 is 17.6 Å². The second-order valence-electron chi connectivity index (χ2n) is 5.26. The summed E-state index contributed by atoms with van der Waals surface area (Å²) in [6.45, 7) is 5.86. The second kappa shape index (κ2) is 8.87. The Morgan fingerprint density at radius 1 is 1.22 bits per heavy atom. The molecular formula is C16H25N3O4. The minimum absolute atomic E-state index is 0.0531. The van der Waals surface area contributed by atoms with Gasteiger partial charge in [-0.25, -0.2) is 4.79 Å². The van der Waals surface area contributed by atoms with E-state index in [1.165, 1.54) is 18.9 Å². The standard InChI is InChI=1S/C16H25N3O4/c1-11(2)18-16(21)17-8-9-19(12(3)20)14-10-13(22-4)6-7-15(14)23-5/h6-7,10-11H,8-9H2,1-5H3,(H2,17,18,21). The molecule has 0 saturated carbocycles. The lowest BCUT2D eigenvalue weighted by atomic mass is 10.2. The van der Waals surface area contributed by atoms with E-state index in [2.05, 4.69) is 10.6 Å². The molecule has 0 unspecified atom stereocenters. The number of carbonyl (C=O) groups is 2. The number of carbonyl (C=O) groups excluding carboxylic acids is 2. The van der Waals surface area contributed by atoms with Crippen molar-refractivity contribution in [3.8, 4) is 11.5 Å². The third-order valence-corrected chi connectivity index (χ3v) is 3.10. The molecule has 7 heteroatoms. The van der Waals surface area contributed by atoms with Crippen LogP contribution in [0.5, 0.6) is 11.5 Å². The Hall–Kier alpha value is -2.44. The van der Waals surface area contributed by atoms with Gasteiger partial charge in [-0.15, -0.1) is 0 Å². The molecular weight excluding hydrogens is 298 g/mol. The number of urea groups is 1. The zero-order valence-corrected chi connectivity index (χ0v) is 14.3. The number of hydrogen-bond acceptors (Lipinski definition) is 4. The fourth-order valence-electron chi connectivity index (χ4n) is 2.05. The molecule has 2 N–H and O–H groups in total. The Kier molecular flexibility index (Phi) is 7.18. The number of nitrogens with one attached hydrogen (secondary N) is 2. The molecule has 0 atom stereocenters. The third-order valence-electron chi connectivity index (χ3n) is 3.10. The highest BCUT2D eigenvalue weighted by Gasteiger charge is 2.17. The first-order chi connectivity index (χ1) is 10.9. The number of nitrogens with zero attached hydrogens (tertiary/aromatic N) is 1. The molecule has 0 spiro atoms. The van der Waals surface area contributed by atoms with Crippen LogP contribution < -0.4 is 25.0 Å². The molecule has 0 saturated heterocycles. The van der Waals surface area contributed by atoms with Crippen LogP contribution in [-0.2, 0) is 4.79 Å². The summed E-state index contributed by atoms with van der Waals surface area (Å²) in [4.78, 5) is 25.1. The van der Waals surface area contributed by atoms with E-state index in [-0.39, 0.29) is 18.0 Å². The van der Waals surface area contributed by atoms with E-state index in [1.54, 1.807) is 25.3 Å². The van der Waals surface area contributed by atoms with Crippen molar-refractivity contribution in [1.82, 2.24) is 10.6 Å². The molecule has 1 aromatic carbocycles. The second-order valence-corrected chi connectivity index (χ2v) is 5.26. The van der Waals surface area contributed by atoms with Gasteiger partial charge in [0.25, 0.3) is 0 Å². The molecule has 3 amide bonds. The Balaban J connectivity index is 2.83. The van der Waals surface area contributed by atoms with Crippen LogP contribution in [0.15, 0.2) is 18.2 Å². The topological polar surface area (TPSA) is 79.9 Å². The molecule has 128 valence electrons. The normalized spacial score (nSPS) is 10.2. The fourth-order valence-corrected chi connectivity index (χ4v) is 2.05. The summed E-state index contributed by atoms with van der Waals surface area (Å²) in [6, 6.07) is 5.02. The minimum atomic E-state index is -0.263. The monoisotopic (exact) mass is 323 g/mol. The van der Waals surface area contributed by atoms with E-state index in [0.717, 1.165) is 0 Å². The van der Waals surface area contributed by atoms with Crippen LogP contribution in [0.3, 0.4) is 0 Å². The van der Waals surface area contributed by atoms with Gasteiger partial charge < -0.3 is 25.0 Å². The van der Waals surface area contributed by atoms with Gasteiger partial charge in [0.15, 0.2) is 0 Å². The number of anilines is 1. The summed E-state index contributed by atoms with van der Waals surface area (Å²) in [5.74, 6) is 1.04. The SMILES string of the molecule is COc1ccc(OC)c(N(CCNC(=O)NC(C)C)C(C)=O)c1. The molecule has 7 nitrogen and oxygen atoms in total. The maximum absolute atomic E-state index is 12.0. The average molecular weight is 323 g/mol. The van der Waals surface area contributed by atoms with Gasteiger partial charge in [-0.2, -0.15) is 0 Å². The first kappa shape index (κ1) is 18.6. The average Bonchev–Trinajstić information content (AvgIpc) is 2.49. The minimum Gasteiger partial charge on any atom is -0.497 e. The smallest absolute Gasteiger partial charge is 0.315 e. The van der Waals surface area contributed by atoms with Crippen molar-refractivity contribution in [2.24, 2.45) is 0 Å². The van der Waals surface area contributed by atoms with Crippen molar-refractivity contribution in [3.05, 3.63) is 18.2 Å². The Morgan fingerprint density at radius 2 is 1.91 bits per heavy atom. The van der Waals surface area contributed by atoms with Crippen LogP contribution >= 0.6 is 0 Å². The van der Waals surface area contributed by atoms with E-state index in [1.807, 2.05) is 13.8 Å². The summed E-state index contributed by atoms with van der Waals surface area (Å²) in [7, 11) is 3.10. The van der Waals surface area contributed by atoms with E-state index in [4.69, 9.17) is 9.47 Å². The Morgan fingerprint density at radius 3 is 2.43 bits per heavy atom. The van der Waals surface area contributed by atoms with Gasteiger partial charge in [-0.05, 0) is 26.0 Å². The van der Waals surface area contributed by atoms with Crippen molar-refractivity contribution < 1.29 is 19.1 Å². The number of methoxy groups -OCH3 is 2. The zero-order valence-electron chi connectivity index (χ0n) is 14.3. The van der Waals surface area contributed by atoms with Crippen molar-refractivity contribution in [3.63, 3.8) is 0 Å². The molecule has 0 bridgehead atoms. The number of ether oxygens (including phenoxy) is 2. The summed E-state index contributed by atoms with van der Waals surface area (Å²) < 4.78 is 10.5. The summed E-state index contributed by atoms with van der Waals surface area (Å²) in [6.07, 6.45) is 0. The number of hydrogen-bond donors (Lipinski definition) is 2. The first-order valence-electron chi connectivity index (χ1n) is 7.43. The Labute approximate surface area is 136 Å². The predicted octanol–water partition coefficient (Wildman–Crippen LogP) is 1.76. The quantitative estimate of drug-likeness (QED) is 0.801. The van der Waals surface area contributed by atoms with Gasteiger partial charge in [0, 0.05) is 32.1 Å². The van der Waals surface area contributed by atoms with E-state index in [0.29, 0.717) is 30.3 Å². The van der Waals surface area contributed by atoms with Crippen LogP contribution in [0.2, 0.25) is 0 Å². The summed E-state index contributed by atoms with van der Waals surface area (Å²) >= 11 is 0. The maximum atomic E-state index is 12.0. The van der Waals surface area contributed by atoms with Gasteiger partial charge in [0.2, 0.25) is 5.91 Å². The van der Waals surface area contributed by atoms with Crippen molar-refractivity contribution in [1.29, 1.82) is 0 Å². The van der Waals surface area contributed by atoms with Gasteiger partial charge in [0.1, 0.15) is 11.5 Å². The lowest BCUT2D eigenvalue weighted by Gasteiger charge is -2.24. The van der Waals surface area contributed by atoms with Gasteiger partial charge in [-0.3, -0.25) is 4.79 Å². The highest BCUT2D eigenvalue weighted by Crippen LogP contribution is 2.32. The van der Waals surface area contributed by atoms with Gasteiger partial charge >= 0.3 is 6.03 Å². The lowest BCUT2D eigenvalue weighted by molar-refractivity contribution is -0.116. The van der Waals surface area contributed by atoms with Crippen LogP contribution in [0, 0.1) is 0 Å². The molecule has 23 heavy (non-hydrogen) atoms. The largest absolute Gasteiger partial charge is 0.497 e. The molecule has 0 heterocycles. The van der Waals surface area contributed by atoms with Crippen LogP contribution in [0.4, 0.5) is 10.5 Å². The zero-order chi connectivity index (χ0) is 17.4.